The Balaban J connectivity index is 1.69. The standard InChI is InChI=1S/C25H36O3/c1-17(2)7-5-8-18(3)9-6-12-25(4)22-11-10-19(15-26)13-21(22)24(25)20-14-23(27)28-16-20/h7,9,13-14,21-22,24,26H,5-6,8,10-12,15-16H2,1-4H3. The van der Waals surface area contributed by atoms with Crippen LogP contribution in [0.4, 0.5) is 0 Å². The van der Waals surface area contributed by atoms with Crippen LogP contribution in [-0.2, 0) is 9.53 Å². The molecular formula is C25H36O3. The molecule has 1 aliphatic heterocycles. The van der Waals surface area contributed by atoms with Gasteiger partial charge in [-0.25, -0.2) is 4.79 Å². The number of hydrogen-bond acceptors (Lipinski definition) is 3. The van der Waals surface area contributed by atoms with Crippen molar-refractivity contribution in [3.05, 3.63) is 46.6 Å². The van der Waals surface area contributed by atoms with Gasteiger partial charge in [0.15, 0.2) is 0 Å². The summed E-state index contributed by atoms with van der Waals surface area (Å²) in [7, 11) is 0. The summed E-state index contributed by atoms with van der Waals surface area (Å²) in [4.78, 5) is 11.7. The molecular weight excluding hydrogens is 348 g/mol. The van der Waals surface area contributed by atoms with Crippen molar-refractivity contribution in [2.24, 2.45) is 23.2 Å². The van der Waals surface area contributed by atoms with Crippen molar-refractivity contribution >= 4 is 5.97 Å². The Morgan fingerprint density at radius 2 is 2.07 bits per heavy atom. The van der Waals surface area contributed by atoms with Gasteiger partial charge in [-0.05, 0) is 93.6 Å². The molecule has 154 valence electrons. The molecule has 0 amide bonds. The SMILES string of the molecule is CC(C)=CCCC(C)=CCCC1(C)C2CCC(CO)=CC2C1C1=CC(=O)OC1. The summed E-state index contributed by atoms with van der Waals surface area (Å²) in [5.41, 5.74) is 5.39. The number of allylic oxidation sites excluding steroid dienone is 5. The van der Waals surface area contributed by atoms with Gasteiger partial charge in [-0.1, -0.05) is 36.3 Å². The third kappa shape index (κ3) is 4.35. The van der Waals surface area contributed by atoms with Gasteiger partial charge in [0.2, 0.25) is 0 Å². The lowest BCUT2D eigenvalue weighted by Gasteiger charge is -2.62. The highest BCUT2D eigenvalue weighted by molar-refractivity contribution is 5.85. The summed E-state index contributed by atoms with van der Waals surface area (Å²) in [6, 6.07) is 0. The number of cyclic esters (lactones) is 1. The third-order valence-corrected chi connectivity index (χ3v) is 7.17. The van der Waals surface area contributed by atoms with Gasteiger partial charge in [-0.2, -0.15) is 0 Å². The molecule has 0 radical (unpaired) electrons. The van der Waals surface area contributed by atoms with Crippen molar-refractivity contribution in [1.82, 2.24) is 0 Å². The number of hydrogen-bond donors (Lipinski definition) is 1. The lowest BCUT2D eigenvalue weighted by atomic mass is 9.42. The van der Waals surface area contributed by atoms with Crippen LogP contribution >= 0.6 is 0 Å². The second kappa shape index (κ2) is 8.82. The molecule has 2 aliphatic carbocycles. The summed E-state index contributed by atoms with van der Waals surface area (Å²) in [5.74, 6) is 1.26. The van der Waals surface area contributed by atoms with Crippen molar-refractivity contribution in [2.75, 3.05) is 13.2 Å². The van der Waals surface area contributed by atoms with E-state index in [0.29, 0.717) is 24.4 Å². The van der Waals surface area contributed by atoms with E-state index in [1.54, 1.807) is 6.08 Å². The first kappa shape index (κ1) is 21.1. The number of aliphatic hydroxyl groups is 1. The number of fused-ring (bicyclic) bond motifs is 1. The average Bonchev–Trinajstić information content (AvgIpc) is 3.05. The first-order valence-corrected chi connectivity index (χ1v) is 10.8. The number of aliphatic hydroxyl groups excluding tert-OH is 1. The average molecular weight is 385 g/mol. The second-order valence-corrected chi connectivity index (χ2v) is 9.43. The van der Waals surface area contributed by atoms with E-state index in [0.717, 1.165) is 49.7 Å². The van der Waals surface area contributed by atoms with Crippen LogP contribution in [0.5, 0.6) is 0 Å². The van der Waals surface area contributed by atoms with E-state index in [4.69, 9.17) is 4.74 Å². The highest BCUT2D eigenvalue weighted by Gasteiger charge is 2.59. The largest absolute Gasteiger partial charge is 0.458 e. The summed E-state index contributed by atoms with van der Waals surface area (Å²) >= 11 is 0. The van der Waals surface area contributed by atoms with Crippen LogP contribution in [0.1, 0.15) is 66.2 Å². The second-order valence-electron chi connectivity index (χ2n) is 9.43. The van der Waals surface area contributed by atoms with Gasteiger partial charge < -0.3 is 9.84 Å². The van der Waals surface area contributed by atoms with Crippen LogP contribution in [0, 0.1) is 23.2 Å². The van der Waals surface area contributed by atoms with Crippen molar-refractivity contribution in [1.29, 1.82) is 0 Å². The fourth-order valence-electron chi connectivity index (χ4n) is 5.69. The summed E-state index contributed by atoms with van der Waals surface area (Å²) < 4.78 is 5.24. The molecule has 1 saturated carbocycles. The van der Waals surface area contributed by atoms with E-state index in [2.05, 4.69) is 45.9 Å². The third-order valence-electron chi connectivity index (χ3n) is 7.17. The minimum atomic E-state index is -0.196. The molecule has 3 aliphatic rings. The van der Waals surface area contributed by atoms with E-state index in [-0.39, 0.29) is 18.0 Å². The Labute approximate surface area is 170 Å². The normalized spacial score (nSPS) is 32.1. The smallest absolute Gasteiger partial charge is 0.331 e. The maximum absolute atomic E-state index is 11.7. The maximum atomic E-state index is 11.7. The summed E-state index contributed by atoms with van der Waals surface area (Å²) in [6.45, 7) is 9.56. The van der Waals surface area contributed by atoms with E-state index < -0.39 is 0 Å². The first-order valence-electron chi connectivity index (χ1n) is 10.8. The molecule has 1 N–H and O–H groups in total. The van der Waals surface area contributed by atoms with Gasteiger partial charge in [0.05, 0.1) is 6.61 Å². The fraction of sp³-hybridized carbons (Fsp3) is 0.640. The van der Waals surface area contributed by atoms with Gasteiger partial charge in [0.25, 0.3) is 0 Å². The molecule has 0 saturated heterocycles. The number of esters is 1. The topological polar surface area (TPSA) is 46.5 Å². The summed E-state index contributed by atoms with van der Waals surface area (Å²) in [6.07, 6.45) is 15.4. The quantitative estimate of drug-likeness (QED) is 0.442. The summed E-state index contributed by atoms with van der Waals surface area (Å²) in [5, 5.41) is 9.58. The molecule has 0 bridgehead atoms. The minimum Gasteiger partial charge on any atom is -0.458 e. The van der Waals surface area contributed by atoms with Crippen LogP contribution in [0.3, 0.4) is 0 Å². The highest BCUT2D eigenvalue weighted by atomic mass is 16.5. The zero-order valence-electron chi connectivity index (χ0n) is 18.0. The molecule has 3 nitrogen and oxygen atoms in total. The van der Waals surface area contributed by atoms with Gasteiger partial charge in [0, 0.05) is 6.08 Å². The Morgan fingerprint density at radius 1 is 1.29 bits per heavy atom. The first-order chi connectivity index (χ1) is 13.3. The van der Waals surface area contributed by atoms with Crippen molar-refractivity contribution in [2.45, 2.75) is 66.2 Å². The molecule has 0 aromatic heterocycles. The molecule has 4 atom stereocenters. The zero-order valence-corrected chi connectivity index (χ0v) is 18.0. The van der Waals surface area contributed by atoms with E-state index in [9.17, 15) is 9.90 Å². The molecule has 3 heteroatoms. The highest BCUT2D eigenvalue weighted by Crippen LogP contribution is 2.65. The Morgan fingerprint density at radius 3 is 2.71 bits per heavy atom. The Kier molecular flexibility index (Phi) is 6.65. The molecule has 0 aromatic carbocycles. The van der Waals surface area contributed by atoms with Crippen LogP contribution in [0.25, 0.3) is 0 Å². The van der Waals surface area contributed by atoms with Gasteiger partial charge >= 0.3 is 5.97 Å². The van der Waals surface area contributed by atoms with Gasteiger partial charge in [-0.3, -0.25) is 0 Å². The van der Waals surface area contributed by atoms with Crippen LogP contribution < -0.4 is 0 Å². The van der Waals surface area contributed by atoms with Gasteiger partial charge in [0.1, 0.15) is 6.61 Å². The Hall–Kier alpha value is -1.61. The van der Waals surface area contributed by atoms with E-state index >= 15 is 0 Å². The Bertz CT molecular complexity index is 720. The lowest BCUT2D eigenvalue weighted by molar-refractivity contribution is -0.135. The zero-order chi connectivity index (χ0) is 20.3. The van der Waals surface area contributed by atoms with Crippen molar-refractivity contribution in [3.8, 4) is 0 Å². The van der Waals surface area contributed by atoms with Crippen molar-refractivity contribution in [3.63, 3.8) is 0 Å². The number of carbonyl (C=O) groups excluding carboxylic acids is 1. The molecule has 0 aromatic rings. The molecule has 4 unspecified atom stereocenters. The predicted molar refractivity (Wildman–Crippen MR) is 114 cm³/mol. The monoisotopic (exact) mass is 384 g/mol. The van der Waals surface area contributed by atoms with Crippen LogP contribution in [0.15, 0.2) is 46.6 Å². The predicted octanol–water partition coefficient (Wildman–Crippen LogP) is 5.52. The molecule has 28 heavy (non-hydrogen) atoms. The van der Waals surface area contributed by atoms with Crippen molar-refractivity contribution < 1.29 is 14.6 Å². The number of carbonyl (C=O) groups is 1. The number of rotatable bonds is 8. The molecule has 1 heterocycles. The number of ether oxygens (including phenoxy) is 1. The molecule has 0 spiro atoms. The van der Waals surface area contributed by atoms with Crippen LogP contribution in [-0.4, -0.2) is 24.3 Å². The molecule has 1 fully saturated rings. The van der Waals surface area contributed by atoms with Crippen LogP contribution in [0.2, 0.25) is 0 Å². The maximum Gasteiger partial charge on any atom is 0.331 e. The molecule has 3 rings (SSSR count). The minimum absolute atomic E-state index is 0.161. The van der Waals surface area contributed by atoms with Gasteiger partial charge in [-0.15, -0.1) is 0 Å². The lowest BCUT2D eigenvalue weighted by Crippen LogP contribution is -2.56. The van der Waals surface area contributed by atoms with E-state index in [1.165, 1.54) is 11.1 Å². The fourth-order valence-corrected chi connectivity index (χ4v) is 5.69. The van der Waals surface area contributed by atoms with E-state index in [1.807, 2.05) is 0 Å².